The topological polar surface area (TPSA) is 144 Å². The zero-order valence-electron chi connectivity index (χ0n) is 10.1. The highest BCUT2D eigenvalue weighted by Gasteiger charge is 2.39. The summed E-state index contributed by atoms with van der Waals surface area (Å²) in [6.07, 6.45) is -0.799. The van der Waals surface area contributed by atoms with Crippen molar-refractivity contribution in [3.05, 3.63) is 5.82 Å². The highest BCUT2D eigenvalue weighted by molar-refractivity contribution is 5.83. The summed E-state index contributed by atoms with van der Waals surface area (Å²) in [5.74, 6) is -0.848. The van der Waals surface area contributed by atoms with E-state index in [1.54, 1.807) is 6.92 Å². The van der Waals surface area contributed by atoms with Gasteiger partial charge in [-0.1, -0.05) is 5.21 Å². The molecular formula is C9H14N6O4. The number of β-amino-alcohol motifs (C(OH)–C–C–N with tert-alkyl or cyclic N) is 1. The van der Waals surface area contributed by atoms with Crippen molar-refractivity contribution >= 4 is 12.0 Å². The summed E-state index contributed by atoms with van der Waals surface area (Å²) in [6, 6.07) is -2.12. The normalized spacial score (nSPS) is 24.2. The average molecular weight is 270 g/mol. The molecule has 1 aliphatic heterocycles. The Balaban J connectivity index is 2.01. The molecule has 1 aromatic heterocycles. The number of tetrazole rings is 1. The number of carboxylic acid groups (broad SMARTS) is 1. The number of carbonyl (C=O) groups excluding carboxylic acids is 1. The highest BCUT2D eigenvalue weighted by atomic mass is 16.4. The SMILES string of the molecule is CC(NC(=O)N1C[C@H](O)C[C@H]1C(=O)O)c1nn[nH]n1. The second-order valence-corrected chi connectivity index (χ2v) is 4.34. The Morgan fingerprint density at radius 1 is 1.58 bits per heavy atom. The molecule has 1 fully saturated rings. The minimum absolute atomic E-state index is 0.0121. The number of aromatic nitrogens is 4. The lowest BCUT2D eigenvalue weighted by Gasteiger charge is -2.23. The first-order valence-electron chi connectivity index (χ1n) is 5.70. The molecule has 2 rings (SSSR count). The van der Waals surface area contributed by atoms with Gasteiger partial charge >= 0.3 is 12.0 Å². The van der Waals surface area contributed by atoms with Crippen LogP contribution in [0.5, 0.6) is 0 Å². The molecule has 2 heterocycles. The summed E-state index contributed by atoms with van der Waals surface area (Å²) in [5.41, 5.74) is 0. The number of nitrogens with zero attached hydrogens (tertiary/aromatic N) is 4. The maximum Gasteiger partial charge on any atom is 0.326 e. The van der Waals surface area contributed by atoms with E-state index in [-0.39, 0.29) is 13.0 Å². The summed E-state index contributed by atoms with van der Waals surface area (Å²) in [6.45, 7) is 1.63. The number of carbonyl (C=O) groups is 2. The van der Waals surface area contributed by atoms with Crippen molar-refractivity contribution < 1.29 is 19.8 Å². The number of H-pyrrole nitrogens is 1. The lowest BCUT2D eigenvalue weighted by atomic mass is 10.2. The van der Waals surface area contributed by atoms with E-state index in [0.29, 0.717) is 5.82 Å². The summed E-state index contributed by atoms with van der Waals surface area (Å²) >= 11 is 0. The van der Waals surface area contributed by atoms with Crippen molar-refractivity contribution in [2.24, 2.45) is 0 Å². The van der Waals surface area contributed by atoms with Crippen molar-refractivity contribution in [3.8, 4) is 0 Å². The third-order valence-corrected chi connectivity index (χ3v) is 2.91. The van der Waals surface area contributed by atoms with Crippen LogP contribution in [0.2, 0.25) is 0 Å². The van der Waals surface area contributed by atoms with Crippen LogP contribution in [0.1, 0.15) is 25.2 Å². The summed E-state index contributed by atoms with van der Waals surface area (Å²) < 4.78 is 0. The number of rotatable bonds is 3. The first-order valence-corrected chi connectivity index (χ1v) is 5.70. The van der Waals surface area contributed by atoms with Crippen LogP contribution in [0, 0.1) is 0 Å². The molecule has 0 bridgehead atoms. The van der Waals surface area contributed by atoms with Crippen molar-refractivity contribution in [2.75, 3.05) is 6.54 Å². The standard InChI is InChI=1S/C9H14N6O4/c1-4(7-11-13-14-12-7)10-9(19)15-3-5(16)2-6(15)8(17)18/h4-6,16H,2-3H2,1H3,(H,10,19)(H,17,18)(H,11,12,13,14)/t4?,5-,6+/m1/s1. The number of nitrogens with one attached hydrogen (secondary N) is 2. The molecule has 1 aliphatic rings. The predicted octanol–water partition coefficient (Wildman–Crippen LogP) is -1.51. The number of hydrogen-bond donors (Lipinski definition) is 4. The molecule has 1 saturated heterocycles. The van der Waals surface area contributed by atoms with Gasteiger partial charge in [0.15, 0.2) is 5.82 Å². The summed E-state index contributed by atoms with van der Waals surface area (Å²) in [7, 11) is 0. The monoisotopic (exact) mass is 270 g/mol. The Bertz CT molecular complexity index is 463. The molecule has 1 unspecified atom stereocenters. The summed E-state index contributed by atoms with van der Waals surface area (Å²) in [5, 5.41) is 34.1. The van der Waals surface area contributed by atoms with Crippen molar-refractivity contribution in [1.82, 2.24) is 30.8 Å². The number of aliphatic hydroxyl groups excluding tert-OH is 1. The Hall–Kier alpha value is -2.23. The first kappa shape index (κ1) is 13.2. The largest absolute Gasteiger partial charge is 0.480 e. The van der Waals surface area contributed by atoms with E-state index >= 15 is 0 Å². The quantitative estimate of drug-likeness (QED) is 0.522. The molecule has 0 saturated carbocycles. The van der Waals surface area contributed by atoms with Gasteiger partial charge in [0.25, 0.3) is 0 Å². The van der Waals surface area contributed by atoms with Crippen molar-refractivity contribution in [2.45, 2.75) is 31.5 Å². The minimum atomic E-state index is -1.14. The molecule has 0 aliphatic carbocycles. The van der Waals surface area contributed by atoms with E-state index in [4.69, 9.17) is 5.11 Å². The van der Waals surface area contributed by atoms with Crippen LogP contribution < -0.4 is 5.32 Å². The molecule has 0 spiro atoms. The van der Waals surface area contributed by atoms with Crippen molar-refractivity contribution in [3.63, 3.8) is 0 Å². The Morgan fingerprint density at radius 3 is 2.89 bits per heavy atom. The van der Waals surface area contributed by atoms with Crippen molar-refractivity contribution in [1.29, 1.82) is 0 Å². The number of likely N-dealkylation sites (tertiary alicyclic amines) is 1. The number of carboxylic acids is 1. The van der Waals surface area contributed by atoms with Gasteiger partial charge < -0.3 is 20.4 Å². The summed E-state index contributed by atoms with van der Waals surface area (Å²) in [4.78, 5) is 24.1. The Labute approximate surface area is 107 Å². The van der Waals surface area contributed by atoms with Gasteiger partial charge in [-0.25, -0.2) is 9.59 Å². The third-order valence-electron chi connectivity index (χ3n) is 2.91. The maximum atomic E-state index is 12.0. The lowest BCUT2D eigenvalue weighted by molar-refractivity contribution is -0.141. The first-order chi connectivity index (χ1) is 8.99. The molecular weight excluding hydrogens is 256 g/mol. The van der Waals surface area contributed by atoms with E-state index in [2.05, 4.69) is 25.9 Å². The fourth-order valence-electron chi connectivity index (χ4n) is 1.96. The number of amides is 2. The molecule has 10 heteroatoms. The van der Waals surface area contributed by atoms with Gasteiger partial charge in [0.2, 0.25) is 0 Å². The molecule has 104 valence electrons. The number of urea groups is 1. The van der Waals surface area contributed by atoms with Gasteiger partial charge in [-0.05, 0) is 6.92 Å². The van der Waals surface area contributed by atoms with E-state index in [9.17, 15) is 14.7 Å². The van der Waals surface area contributed by atoms with Gasteiger partial charge in [0, 0.05) is 13.0 Å². The molecule has 19 heavy (non-hydrogen) atoms. The fourth-order valence-corrected chi connectivity index (χ4v) is 1.96. The zero-order valence-corrected chi connectivity index (χ0v) is 10.1. The number of aliphatic carboxylic acids is 1. The molecule has 10 nitrogen and oxygen atoms in total. The van der Waals surface area contributed by atoms with Crippen LogP contribution in [-0.4, -0.2) is 66.4 Å². The fraction of sp³-hybridized carbons (Fsp3) is 0.667. The number of aromatic amines is 1. The van der Waals surface area contributed by atoms with E-state index in [1.165, 1.54) is 0 Å². The molecule has 4 N–H and O–H groups in total. The van der Waals surface area contributed by atoms with Crippen LogP contribution in [0.25, 0.3) is 0 Å². The average Bonchev–Trinajstić information content (AvgIpc) is 2.96. The molecule has 0 radical (unpaired) electrons. The third kappa shape index (κ3) is 2.78. The second kappa shape index (κ2) is 5.18. The Kier molecular flexibility index (Phi) is 3.60. The maximum absolute atomic E-state index is 12.0. The van der Waals surface area contributed by atoms with Gasteiger partial charge in [-0.2, -0.15) is 5.21 Å². The van der Waals surface area contributed by atoms with Gasteiger partial charge in [0.05, 0.1) is 12.1 Å². The highest BCUT2D eigenvalue weighted by Crippen LogP contribution is 2.19. The van der Waals surface area contributed by atoms with Gasteiger partial charge in [-0.15, -0.1) is 10.2 Å². The van der Waals surface area contributed by atoms with Gasteiger partial charge in [-0.3, -0.25) is 0 Å². The second-order valence-electron chi connectivity index (χ2n) is 4.34. The van der Waals surface area contributed by atoms with Crippen LogP contribution in [0.3, 0.4) is 0 Å². The van der Waals surface area contributed by atoms with E-state index < -0.39 is 30.2 Å². The molecule has 0 aromatic carbocycles. The number of hydrogen-bond acceptors (Lipinski definition) is 6. The number of aliphatic hydroxyl groups is 1. The Morgan fingerprint density at radius 2 is 2.32 bits per heavy atom. The van der Waals surface area contributed by atoms with Gasteiger partial charge in [0.1, 0.15) is 6.04 Å². The molecule has 1 aromatic rings. The molecule has 3 atom stereocenters. The predicted molar refractivity (Wildman–Crippen MR) is 59.9 cm³/mol. The molecule has 2 amide bonds. The zero-order chi connectivity index (χ0) is 14.0. The van der Waals surface area contributed by atoms with Crippen LogP contribution in [0.15, 0.2) is 0 Å². The van der Waals surface area contributed by atoms with E-state index in [1.807, 2.05) is 0 Å². The van der Waals surface area contributed by atoms with Crippen LogP contribution >= 0.6 is 0 Å². The van der Waals surface area contributed by atoms with E-state index in [0.717, 1.165) is 4.90 Å². The van der Waals surface area contributed by atoms with Crippen LogP contribution in [0.4, 0.5) is 4.79 Å². The lowest BCUT2D eigenvalue weighted by Crippen LogP contribution is -2.46. The van der Waals surface area contributed by atoms with Crippen LogP contribution in [-0.2, 0) is 4.79 Å². The smallest absolute Gasteiger partial charge is 0.326 e. The minimum Gasteiger partial charge on any atom is -0.480 e.